The second kappa shape index (κ2) is 12.3. The molecule has 7 heteroatoms. The zero-order valence-electron chi connectivity index (χ0n) is 27.8. The normalized spacial score (nSPS) is 17.8. The van der Waals surface area contributed by atoms with Gasteiger partial charge in [0.15, 0.2) is 0 Å². The van der Waals surface area contributed by atoms with Gasteiger partial charge >= 0.3 is 0 Å². The minimum atomic E-state index is -0.214. The van der Waals surface area contributed by atoms with Crippen molar-refractivity contribution in [1.29, 1.82) is 0 Å². The van der Waals surface area contributed by atoms with Crippen LogP contribution < -0.4 is 16.0 Å². The Hall–Kier alpha value is -6.12. The highest BCUT2D eigenvalue weighted by molar-refractivity contribution is 6.09. The van der Waals surface area contributed by atoms with E-state index in [9.17, 15) is 0 Å². The second-order valence-corrected chi connectivity index (χ2v) is 13.3. The van der Waals surface area contributed by atoms with Gasteiger partial charge in [-0.25, -0.2) is 0 Å². The van der Waals surface area contributed by atoms with Crippen LogP contribution in [0.4, 0.5) is 0 Å². The first-order valence-electron chi connectivity index (χ1n) is 17.5. The molecule has 0 saturated carbocycles. The number of benzene rings is 5. The first-order chi connectivity index (χ1) is 25.3. The average molecular weight is 662 g/mol. The van der Waals surface area contributed by atoms with E-state index >= 15 is 0 Å². The molecule has 3 N–H and O–H groups in total. The summed E-state index contributed by atoms with van der Waals surface area (Å²) < 4.78 is 4.85. The molecule has 246 valence electrons. The van der Waals surface area contributed by atoms with Crippen LogP contribution in [0.25, 0.3) is 65.9 Å². The van der Waals surface area contributed by atoms with Gasteiger partial charge in [0.25, 0.3) is 0 Å². The highest BCUT2D eigenvalue weighted by Crippen LogP contribution is 2.35. The van der Waals surface area contributed by atoms with Gasteiger partial charge in [-0.3, -0.25) is 25.9 Å². The Balaban J connectivity index is 1.13. The number of aromatic nitrogens is 4. The third-order valence-corrected chi connectivity index (χ3v) is 10.2. The van der Waals surface area contributed by atoms with E-state index in [2.05, 4.69) is 175 Å². The van der Waals surface area contributed by atoms with Gasteiger partial charge in [0.05, 0.1) is 28.2 Å². The summed E-state index contributed by atoms with van der Waals surface area (Å²) in [5, 5.41) is 17.0. The summed E-state index contributed by atoms with van der Waals surface area (Å²) in [4.78, 5) is 8.56. The Bertz CT molecular complexity index is 2390. The van der Waals surface area contributed by atoms with Crippen LogP contribution in [-0.2, 0) is 6.42 Å². The summed E-state index contributed by atoms with van der Waals surface area (Å²) in [6.45, 7) is 0. The molecule has 1 aliphatic heterocycles. The monoisotopic (exact) mass is 661 g/mol. The van der Waals surface area contributed by atoms with Crippen LogP contribution in [-0.4, -0.2) is 25.3 Å². The fourth-order valence-electron chi connectivity index (χ4n) is 8.02. The molecule has 2 unspecified atom stereocenters. The van der Waals surface area contributed by atoms with Gasteiger partial charge in [-0.15, -0.1) is 0 Å². The van der Waals surface area contributed by atoms with Gasteiger partial charge in [-0.1, -0.05) is 84.9 Å². The zero-order chi connectivity index (χ0) is 33.7. The zero-order valence-corrected chi connectivity index (χ0v) is 27.8. The molecule has 1 fully saturated rings. The number of fused-ring (bicyclic) bond motifs is 6. The van der Waals surface area contributed by atoms with Crippen molar-refractivity contribution in [2.75, 3.05) is 0 Å². The van der Waals surface area contributed by atoms with Crippen molar-refractivity contribution in [2.45, 2.75) is 25.2 Å². The van der Waals surface area contributed by atoms with Crippen molar-refractivity contribution >= 4 is 43.6 Å². The van der Waals surface area contributed by atoms with Crippen molar-refractivity contribution in [1.82, 2.24) is 35.1 Å². The Kier molecular flexibility index (Phi) is 7.20. The van der Waals surface area contributed by atoms with Gasteiger partial charge < -0.3 is 9.13 Å². The molecule has 2 atom stereocenters. The van der Waals surface area contributed by atoms with Crippen LogP contribution in [0.5, 0.6) is 0 Å². The van der Waals surface area contributed by atoms with Gasteiger partial charge in [0.2, 0.25) is 0 Å². The maximum absolute atomic E-state index is 4.28. The number of rotatable bonds is 6. The maximum atomic E-state index is 4.28. The van der Waals surface area contributed by atoms with E-state index in [0.717, 1.165) is 28.7 Å². The number of hydrogen-bond acceptors (Lipinski definition) is 5. The first-order valence-corrected chi connectivity index (χ1v) is 17.5. The summed E-state index contributed by atoms with van der Waals surface area (Å²) >= 11 is 0. The minimum Gasteiger partial charge on any atom is -0.311 e. The quantitative estimate of drug-likeness (QED) is 0.166. The molecule has 4 aromatic heterocycles. The third-order valence-electron chi connectivity index (χ3n) is 10.2. The Morgan fingerprint density at radius 1 is 0.412 bits per heavy atom. The highest BCUT2D eigenvalue weighted by Gasteiger charge is 2.32. The lowest BCUT2D eigenvalue weighted by atomic mass is 9.95. The van der Waals surface area contributed by atoms with Crippen molar-refractivity contribution in [3.05, 3.63) is 170 Å². The molecule has 0 amide bonds. The molecule has 0 spiro atoms. The van der Waals surface area contributed by atoms with Gasteiger partial charge in [-0.2, -0.15) is 0 Å². The summed E-state index contributed by atoms with van der Waals surface area (Å²) in [6, 6.07) is 50.0. The van der Waals surface area contributed by atoms with Crippen LogP contribution in [0.15, 0.2) is 164 Å². The predicted molar refractivity (Wildman–Crippen MR) is 207 cm³/mol. The number of hydrogen-bond donors (Lipinski definition) is 3. The fourth-order valence-corrected chi connectivity index (χ4v) is 8.02. The van der Waals surface area contributed by atoms with Crippen molar-refractivity contribution in [3.8, 4) is 22.3 Å². The molecule has 5 heterocycles. The van der Waals surface area contributed by atoms with E-state index in [0.29, 0.717) is 0 Å². The van der Waals surface area contributed by atoms with Crippen molar-refractivity contribution in [3.63, 3.8) is 0 Å². The highest BCUT2D eigenvalue weighted by atomic mass is 15.5. The summed E-state index contributed by atoms with van der Waals surface area (Å²) in [5.74, 6) is 0. The number of nitrogens with zero attached hydrogens (tertiary/aromatic N) is 4. The number of pyridine rings is 2. The molecule has 51 heavy (non-hydrogen) atoms. The summed E-state index contributed by atoms with van der Waals surface area (Å²) in [5.41, 5.74) is 10.6. The maximum Gasteiger partial charge on any atom is 0.143 e. The second-order valence-electron chi connectivity index (χ2n) is 13.3. The van der Waals surface area contributed by atoms with Crippen LogP contribution in [0.3, 0.4) is 0 Å². The number of para-hydroxylation sites is 4. The molecule has 1 saturated heterocycles. The van der Waals surface area contributed by atoms with Crippen molar-refractivity contribution < 1.29 is 0 Å². The minimum absolute atomic E-state index is 0.0842. The van der Waals surface area contributed by atoms with E-state index in [1.165, 1.54) is 49.2 Å². The molecular weight excluding hydrogens is 627 g/mol. The van der Waals surface area contributed by atoms with Crippen LogP contribution in [0.1, 0.15) is 18.1 Å². The molecule has 0 radical (unpaired) electrons. The van der Waals surface area contributed by atoms with Crippen LogP contribution in [0, 0.1) is 0 Å². The Morgan fingerprint density at radius 3 is 1.18 bits per heavy atom. The van der Waals surface area contributed by atoms with Gasteiger partial charge in [0, 0.05) is 52.8 Å². The predicted octanol–water partition coefficient (Wildman–Crippen LogP) is 8.99. The summed E-state index contributed by atoms with van der Waals surface area (Å²) in [7, 11) is 0. The molecule has 0 bridgehead atoms. The van der Waals surface area contributed by atoms with Gasteiger partial charge in [-0.05, 0) is 82.4 Å². The molecule has 1 aliphatic rings. The van der Waals surface area contributed by atoms with Gasteiger partial charge in [0.1, 0.15) is 12.6 Å². The standard InChI is InChI=1S/C44H35N7/c1-5-13-38-34(9-1)35-10-2-6-14-39(35)50(38)43-47-42(48-44(49-43)51-40-15-7-3-11-36(40)37-12-4-8-16-41(37)51)27-29-25-32(30-17-21-45-22-18-30)28-33(26-29)31-19-23-46-24-20-31/h1-26,28,42-44,47-49H,27H2. The van der Waals surface area contributed by atoms with E-state index in [1.54, 1.807) is 0 Å². The lowest BCUT2D eigenvalue weighted by Crippen LogP contribution is -2.62. The third kappa shape index (κ3) is 5.18. The smallest absolute Gasteiger partial charge is 0.143 e. The summed E-state index contributed by atoms with van der Waals surface area (Å²) in [6.07, 6.45) is 7.67. The topological polar surface area (TPSA) is 71.7 Å². The lowest BCUT2D eigenvalue weighted by Gasteiger charge is -2.41. The SMILES string of the molecule is c1ccc2c(c1)c1ccccc1n2C1NC(Cc2cc(-c3ccncc3)cc(-c3ccncc3)c2)NC(n2c3ccccc3c3ccccc32)N1. The molecule has 9 aromatic rings. The Labute approximate surface area is 295 Å². The fraction of sp³-hybridized carbons (Fsp3) is 0.0909. The molecule has 0 aliphatic carbocycles. The van der Waals surface area contributed by atoms with E-state index in [4.69, 9.17) is 0 Å². The van der Waals surface area contributed by atoms with E-state index < -0.39 is 0 Å². The molecule has 5 aromatic carbocycles. The van der Waals surface area contributed by atoms with E-state index in [1.807, 2.05) is 24.8 Å². The average Bonchev–Trinajstić information content (AvgIpc) is 3.72. The van der Waals surface area contributed by atoms with Crippen LogP contribution >= 0.6 is 0 Å². The lowest BCUT2D eigenvalue weighted by molar-refractivity contribution is 0.125. The largest absolute Gasteiger partial charge is 0.311 e. The molecule has 7 nitrogen and oxygen atoms in total. The van der Waals surface area contributed by atoms with Crippen molar-refractivity contribution in [2.24, 2.45) is 0 Å². The van der Waals surface area contributed by atoms with Crippen LogP contribution in [0.2, 0.25) is 0 Å². The molecular formula is C44H35N7. The Morgan fingerprint density at radius 2 is 0.784 bits per heavy atom. The van der Waals surface area contributed by atoms with E-state index in [-0.39, 0.29) is 18.7 Å². The number of nitrogens with one attached hydrogen (secondary N) is 3. The molecule has 10 rings (SSSR count). The first kappa shape index (κ1) is 29.8.